The van der Waals surface area contributed by atoms with Crippen LogP contribution in [0.3, 0.4) is 0 Å². The Bertz CT molecular complexity index is 735. The van der Waals surface area contributed by atoms with Crippen LogP contribution in [0.15, 0.2) is 65.4 Å². The van der Waals surface area contributed by atoms with E-state index in [9.17, 15) is 5.11 Å². The van der Waals surface area contributed by atoms with Crippen molar-refractivity contribution >= 4 is 15.9 Å². The topological polar surface area (TPSA) is 38.0 Å². The molecule has 0 spiro atoms. The van der Waals surface area contributed by atoms with E-state index >= 15 is 0 Å². The smallest absolute Gasteiger partial charge is 0.115 e. The lowest BCUT2D eigenvalue weighted by atomic mass is 10.1. The Hall–Kier alpha value is -2.07. The maximum Gasteiger partial charge on any atom is 0.115 e. The first-order valence-electron chi connectivity index (χ1n) is 6.73. The third-order valence-electron chi connectivity index (χ3n) is 3.34. The Kier molecular flexibility index (Phi) is 4.06. The van der Waals surface area contributed by atoms with Crippen LogP contribution in [0.5, 0.6) is 5.75 Å². The van der Waals surface area contributed by atoms with Gasteiger partial charge in [0.1, 0.15) is 11.6 Å². The van der Waals surface area contributed by atoms with Gasteiger partial charge < -0.3 is 9.67 Å². The van der Waals surface area contributed by atoms with Gasteiger partial charge in [0.15, 0.2) is 0 Å². The highest BCUT2D eigenvalue weighted by atomic mass is 79.9. The fourth-order valence-electron chi connectivity index (χ4n) is 2.28. The first kappa shape index (κ1) is 13.9. The number of aromatic nitrogens is 2. The Morgan fingerprint density at radius 3 is 2.62 bits per heavy atom. The quantitative estimate of drug-likeness (QED) is 0.778. The number of benzene rings is 2. The summed E-state index contributed by atoms with van der Waals surface area (Å²) in [6, 6.07) is 15.5. The minimum absolute atomic E-state index is 0.291. The van der Waals surface area contributed by atoms with Gasteiger partial charge in [0.25, 0.3) is 0 Å². The number of aromatic hydroxyl groups is 1. The number of hydrogen-bond acceptors (Lipinski definition) is 2. The molecule has 1 N–H and O–H groups in total. The minimum atomic E-state index is 0.291. The largest absolute Gasteiger partial charge is 0.508 e. The Labute approximate surface area is 132 Å². The summed E-state index contributed by atoms with van der Waals surface area (Å²) in [5.41, 5.74) is 2.36. The summed E-state index contributed by atoms with van der Waals surface area (Å²) in [7, 11) is 0. The van der Waals surface area contributed by atoms with E-state index in [1.165, 1.54) is 5.56 Å². The van der Waals surface area contributed by atoms with Crippen molar-refractivity contribution in [2.75, 3.05) is 0 Å². The van der Waals surface area contributed by atoms with Gasteiger partial charge in [-0.05, 0) is 35.4 Å². The maximum absolute atomic E-state index is 9.33. The number of imidazole rings is 1. The van der Waals surface area contributed by atoms with E-state index < -0.39 is 0 Å². The van der Waals surface area contributed by atoms with Crippen molar-refractivity contribution in [1.29, 1.82) is 0 Å². The van der Waals surface area contributed by atoms with E-state index in [4.69, 9.17) is 0 Å². The van der Waals surface area contributed by atoms with E-state index in [0.717, 1.165) is 28.8 Å². The molecule has 21 heavy (non-hydrogen) atoms. The molecule has 2 aromatic carbocycles. The fourth-order valence-corrected chi connectivity index (χ4v) is 2.73. The second-order valence-electron chi connectivity index (χ2n) is 4.94. The summed E-state index contributed by atoms with van der Waals surface area (Å²) in [5, 5.41) is 9.33. The van der Waals surface area contributed by atoms with E-state index in [0.29, 0.717) is 5.75 Å². The van der Waals surface area contributed by atoms with E-state index in [-0.39, 0.29) is 0 Å². The van der Waals surface area contributed by atoms with Crippen molar-refractivity contribution in [2.24, 2.45) is 0 Å². The molecule has 0 bridgehead atoms. The average Bonchev–Trinajstić information content (AvgIpc) is 2.89. The lowest BCUT2D eigenvalue weighted by molar-refractivity contribution is 0.475. The second kappa shape index (κ2) is 6.14. The van der Waals surface area contributed by atoms with Crippen molar-refractivity contribution in [1.82, 2.24) is 9.55 Å². The highest BCUT2D eigenvalue weighted by Gasteiger charge is 2.05. The molecule has 0 aliphatic carbocycles. The SMILES string of the molecule is Oc1ccc(Cn2ccnc2Cc2cccc(Br)c2)cc1. The number of hydrogen-bond donors (Lipinski definition) is 1. The van der Waals surface area contributed by atoms with Crippen molar-refractivity contribution in [3.8, 4) is 5.75 Å². The monoisotopic (exact) mass is 342 g/mol. The normalized spacial score (nSPS) is 10.7. The molecule has 0 saturated heterocycles. The number of rotatable bonds is 4. The molecule has 0 atom stereocenters. The zero-order valence-corrected chi connectivity index (χ0v) is 13.0. The lowest BCUT2D eigenvalue weighted by Crippen LogP contribution is -2.05. The van der Waals surface area contributed by atoms with E-state index in [2.05, 4.69) is 37.6 Å². The van der Waals surface area contributed by atoms with Gasteiger partial charge in [0, 0.05) is 29.8 Å². The molecule has 1 heterocycles. The first-order valence-corrected chi connectivity index (χ1v) is 7.52. The van der Waals surface area contributed by atoms with Crippen LogP contribution in [0.4, 0.5) is 0 Å². The molecule has 106 valence electrons. The molecule has 0 radical (unpaired) electrons. The predicted molar refractivity (Wildman–Crippen MR) is 86.4 cm³/mol. The lowest BCUT2D eigenvalue weighted by Gasteiger charge is -2.08. The average molecular weight is 343 g/mol. The van der Waals surface area contributed by atoms with Crippen molar-refractivity contribution in [3.63, 3.8) is 0 Å². The summed E-state index contributed by atoms with van der Waals surface area (Å²) in [5.74, 6) is 1.32. The van der Waals surface area contributed by atoms with Crippen LogP contribution in [0.1, 0.15) is 17.0 Å². The number of phenols is 1. The van der Waals surface area contributed by atoms with Crippen LogP contribution < -0.4 is 0 Å². The van der Waals surface area contributed by atoms with Gasteiger partial charge in [0.05, 0.1) is 0 Å². The molecule has 3 rings (SSSR count). The van der Waals surface area contributed by atoms with Crippen molar-refractivity contribution < 1.29 is 5.11 Å². The number of phenolic OH excluding ortho intramolecular Hbond substituents is 1. The molecular formula is C17H15BrN2O. The molecule has 0 unspecified atom stereocenters. The Balaban J connectivity index is 1.79. The zero-order chi connectivity index (χ0) is 14.7. The zero-order valence-electron chi connectivity index (χ0n) is 11.4. The first-order chi connectivity index (χ1) is 10.2. The summed E-state index contributed by atoms with van der Waals surface area (Å²) in [6.07, 6.45) is 4.61. The second-order valence-corrected chi connectivity index (χ2v) is 5.86. The van der Waals surface area contributed by atoms with Crippen LogP contribution in [0, 0.1) is 0 Å². The van der Waals surface area contributed by atoms with Crippen LogP contribution in [0.2, 0.25) is 0 Å². The van der Waals surface area contributed by atoms with E-state index in [1.807, 2.05) is 36.7 Å². The summed E-state index contributed by atoms with van der Waals surface area (Å²) in [6.45, 7) is 0.754. The third-order valence-corrected chi connectivity index (χ3v) is 3.84. The van der Waals surface area contributed by atoms with Crippen molar-refractivity contribution in [2.45, 2.75) is 13.0 Å². The fraction of sp³-hybridized carbons (Fsp3) is 0.118. The van der Waals surface area contributed by atoms with Crippen LogP contribution in [-0.2, 0) is 13.0 Å². The molecule has 0 aliphatic rings. The minimum Gasteiger partial charge on any atom is -0.508 e. The van der Waals surface area contributed by atoms with Gasteiger partial charge >= 0.3 is 0 Å². The van der Waals surface area contributed by atoms with Gasteiger partial charge in [0.2, 0.25) is 0 Å². The van der Waals surface area contributed by atoms with Gasteiger partial charge in [-0.1, -0.05) is 40.2 Å². The summed E-state index contributed by atoms with van der Waals surface area (Å²) < 4.78 is 3.21. The maximum atomic E-state index is 9.33. The van der Waals surface area contributed by atoms with Gasteiger partial charge in [-0.15, -0.1) is 0 Å². The molecule has 4 heteroatoms. The highest BCUT2D eigenvalue weighted by molar-refractivity contribution is 9.10. The molecular weight excluding hydrogens is 328 g/mol. The van der Waals surface area contributed by atoms with Crippen LogP contribution >= 0.6 is 15.9 Å². The molecule has 0 fully saturated rings. The molecule has 0 aliphatic heterocycles. The summed E-state index contributed by atoms with van der Waals surface area (Å²) in [4.78, 5) is 4.45. The number of nitrogens with zero attached hydrogens (tertiary/aromatic N) is 2. The van der Waals surface area contributed by atoms with Gasteiger partial charge in [-0.2, -0.15) is 0 Å². The molecule has 1 aromatic heterocycles. The number of halogens is 1. The van der Waals surface area contributed by atoms with Gasteiger partial charge in [-0.3, -0.25) is 0 Å². The molecule has 0 saturated carbocycles. The summed E-state index contributed by atoms with van der Waals surface area (Å²) >= 11 is 3.49. The molecule has 0 amide bonds. The predicted octanol–water partition coefficient (Wildman–Crippen LogP) is 3.99. The van der Waals surface area contributed by atoms with Crippen LogP contribution in [0.25, 0.3) is 0 Å². The van der Waals surface area contributed by atoms with Crippen molar-refractivity contribution in [3.05, 3.63) is 82.3 Å². The standard InChI is InChI=1S/C17H15BrN2O/c18-15-3-1-2-14(10-15)11-17-19-8-9-20(17)12-13-4-6-16(21)7-5-13/h1-10,21H,11-12H2. The highest BCUT2D eigenvalue weighted by Crippen LogP contribution is 2.16. The Morgan fingerprint density at radius 1 is 1.05 bits per heavy atom. The van der Waals surface area contributed by atoms with E-state index in [1.54, 1.807) is 12.1 Å². The van der Waals surface area contributed by atoms with Gasteiger partial charge in [-0.25, -0.2) is 4.98 Å². The van der Waals surface area contributed by atoms with Crippen LogP contribution in [-0.4, -0.2) is 14.7 Å². The third kappa shape index (κ3) is 3.52. The molecule has 3 nitrogen and oxygen atoms in total. The molecule has 3 aromatic rings. The Morgan fingerprint density at radius 2 is 1.86 bits per heavy atom.